The number of hydrogen-bond acceptors (Lipinski definition) is 2. The SMILES string of the molecule is CCN1CCC(C)(C)c2cc(C(C)C)cc(/C(C)=C(/F)C=O)c21. The number of rotatable bonds is 4. The maximum absolute atomic E-state index is 14.0. The molecular formula is C20H28FNO. The number of aldehydes is 1. The van der Waals surface area contributed by atoms with Crippen molar-refractivity contribution in [2.24, 2.45) is 0 Å². The van der Waals surface area contributed by atoms with E-state index < -0.39 is 5.83 Å². The predicted molar refractivity (Wildman–Crippen MR) is 95.8 cm³/mol. The Bertz CT molecular complexity index is 643. The molecule has 1 heterocycles. The fraction of sp³-hybridized carbons (Fsp3) is 0.550. The maximum Gasteiger partial charge on any atom is 0.178 e. The van der Waals surface area contributed by atoms with Gasteiger partial charge in [0.15, 0.2) is 12.1 Å². The lowest BCUT2D eigenvalue weighted by Crippen LogP contribution is -2.38. The Balaban J connectivity index is 2.84. The first-order chi connectivity index (χ1) is 10.7. The topological polar surface area (TPSA) is 20.3 Å². The van der Waals surface area contributed by atoms with Crippen LogP contribution < -0.4 is 4.90 Å². The van der Waals surface area contributed by atoms with Crippen molar-refractivity contribution in [1.29, 1.82) is 0 Å². The lowest BCUT2D eigenvalue weighted by atomic mass is 9.74. The van der Waals surface area contributed by atoms with Gasteiger partial charge in [-0.1, -0.05) is 33.8 Å². The lowest BCUT2D eigenvalue weighted by molar-refractivity contribution is -0.106. The molecule has 0 spiro atoms. The molecule has 0 N–H and O–H groups in total. The quantitative estimate of drug-likeness (QED) is 0.561. The van der Waals surface area contributed by atoms with Crippen LogP contribution in [0, 0.1) is 0 Å². The molecule has 1 aromatic carbocycles. The van der Waals surface area contributed by atoms with E-state index in [9.17, 15) is 9.18 Å². The highest BCUT2D eigenvalue weighted by atomic mass is 19.1. The molecule has 3 heteroatoms. The smallest absolute Gasteiger partial charge is 0.178 e. The van der Waals surface area contributed by atoms with Gasteiger partial charge >= 0.3 is 0 Å². The molecule has 0 atom stereocenters. The molecule has 0 saturated heterocycles. The Kier molecular flexibility index (Phi) is 4.98. The first kappa shape index (κ1) is 17.7. The average Bonchev–Trinajstić information content (AvgIpc) is 2.52. The fourth-order valence-electron chi connectivity index (χ4n) is 3.33. The zero-order chi connectivity index (χ0) is 17.4. The van der Waals surface area contributed by atoms with Crippen LogP contribution in [-0.2, 0) is 10.2 Å². The Hall–Kier alpha value is -1.64. The zero-order valence-corrected chi connectivity index (χ0v) is 15.2. The van der Waals surface area contributed by atoms with Gasteiger partial charge in [-0.15, -0.1) is 0 Å². The molecule has 2 rings (SSSR count). The number of carbonyl (C=O) groups is 1. The van der Waals surface area contributed by atoms with Crippen molar-refractivity contribution in [3.63, 3.8) is 0 Å². The van der Waals surface area contributed by atoms with E-state index in [-0.39, 0.29) is 5.41 Å². The van der Waals surface area contributed by atoms with Crippen LogP contribution >= 0.6 is 0 Å². The minimum Gasteiger partial charge on any atom is -0.371 e. The highest BCUT2D eigenvalue weighted by Gasteiger charge is 2.33. The van der Waals surface area contributed by atoms with Gasteiger partial charge in [-0.2, -0.15) is 0 Å². The van der Waals surface area contributed by atoms with Crippen molar-refractivity contribution < 1.29 is 9.18 Å². The number of nitrogens with zero attached hydrogens (tertiary/aromatic N) is 1. The summed E-state index contributed by atoms with van der Waals surface area (Å²) in [4.78, 5) is 13.2. The molecule has 0 radical (unpaired) electrons. The summed E-state index contributed by atoms with van der Waals surface area (Å²) in [6.45, 7) is 14.5. The van der Waals surface area contributed by atoms with Gasteiger partial charge < -0.3 is 4.90 Å². The fourth-order valence-corrected chi connectivity index (χ4v) is 3.33. The summed E-state index contributed by atoms with van der Waals surface area (Å²) in [6.07, 6.45) is 1.39. The predicted octanol–water partition coefficient (Wildman–Crippen LogP) is 5.22. The Morgan fingerprint density at radius 1 is 1.39 bits per heavy atom. The van der Waals surface area contributed by atoms with E-state index in [0.29, 0.717) is 17.8 Å². The first-order valence-corrected chi connectivity index (χ1v) is 8.48. The van der Waals surface area contributed by atoms with E-state index >= 15 is 0 Å². The third kappa shape index (κ3) is 3.19. The molecule has 0 fully saturated rings. The largest absolute Gasteiger partial charge is 0.371 e. The van der Waals surface area contributed by atoms with Crippen LogP contribution in [0.4, 0.5) is 10.1 Å². The number of allylic oxidation sites excluding steroid dienone is 2. The molecule has 0 aromatic heterocycles. The molecular weight excluding hydrogens is 289 g/mol. The van der Waals surface area contributed by atoms with Crippen LogP contribution in [0.3, 0.4) is 0 Å². The van der Waals surface area contributed by atoms with Gasteiger partial charge in [0.2, 0.25) is 0 Å². The maximum atomic E-state index is 14.0. The normalized spacial score (nSPS) is 17.8. The van der Waals surface area contributed by atoms with Crippen molar-refractivity contribution in [1.82, 2.24) is 0 Å². The summed E-state index contributed by atoms with van der Waals surface area (Å²) in [6, 6.07) is 4.34. The molecule has 0 saturated carbocycles. The van der Waals surface area contributed by atoms with E-state index in [1.807, 2.05) is 0 Å². The molecule has 1 aliphatic heterocycles. The second kappa shape index (κ2) is 6.46. The molecule has 1 aromatic rings. The van der Waals surface area contributed by atoms with Crippen LogP contribution in [0.5, 0.6) is 0 Å². The second-order valence-corrected chi connectivity index (χ2v) is 7.42. The molecule has 0 bridgehead atoms. The van der Waals surface area contributed by atoms with Crippen molar-refractivity contribution in [3.8, 4) is 0 Å². The summed E-state index contributed by atoms with van der Waals surface area (Å²) < 4.78 is 14.0. The van der Waals surface area contributed by atoms with Gasteiger partial charge in [0.25, 0.3) is 0 Å². The minimum atomic E-state index is -0.674. The Morgan fingerprint density at radius 2 is 2.04 bits per heavy atom. The van der Waals surface area contributed by atoms with E-state index in [4.69, 9.17) is 0 Å². The molecule has 126 valence electrons. The van der Waals surface area contributed by atoms with Crippen LogP contribution in [-0.4, -0.2) is 19.4 Å². The molecule has 0 amide bonds. The number of anilines is 1. The second-order valence-electron chi connectivity index (χ2n) is 7.42. The summed E-state index contributed by atoms with van der Waals surface area (Å²) in [5.41, 5.74) is 4.93. The van der Waals surface area contributed by atoms with Crippen molar-refractivity contribution in [3.05, 3.63) is 34.6 Å². The number of carbonyl (C=O) groups excluding carboxylic acids is 1. The first-order valence-electron chi connectivity index (χ1n) is 8.48. The lowest BCUT2D eigenvalue weighted by Gasteiger charge is -2.42. The van der Waals surface area contributed by atoms with E-state index in [1.54, 1.807) is 6.92 Å². The van der Waals surface area contributed by atoms with Crippen molar-refractivity contribution in [2.75, 3.05) is 18.0 Å². The third-order valence-corrected chi connectivity index (χ3v) is 5.10. The van der Waals surface area contributed by atoms with Gasteiger partial charge in [0, 0.05) is 24.3 Å². The number of hydrogen-bond donors (Lipinski definition) is 0. The average molecular weight is 317 g/mol. The summed E-state index contributed by atoms with van der Waals surface area (Å²) in [5, 5.41) is 0. The van der Waals surface area contributed by atoms with Crippen LogP contribution in [0.15, 0.2) is 18.0 Å². The van der Waals surface area contributed by atoms with Gasteiger partial charge in [0.1, 0.15) is 0 Å². The number of fused-ring (bicyclic) bond motifs is 1. The molecule has 2 nitrogen and oxygen atoms in total. The summed E-state index contributed by atoms with van der Waals surface area (Å²) >= 11 is 0. The van der Waals surface area contributed by atoms with E-state index in [2.05, 4.69) is 51.7 Å². The standard InChI is InChI=1S/C20H28FNO/c1-7-22-9-8-20(5,6)17-11-15(13(2)3)10-16(19(17)22)14(4)18(21)12-23/h10-13H,7-9H2,1-6H3/b18-14+. The van der Waals surface area contributed by atoms with Gasteiger partial charge in [-0.25, -0.2) is 4.39 Å². The number of benzene rings is 1. The molecule has 0 aliphatic carbocycles. The van der Waals surface area contributed by atoms with E-state index in [1.165, 1.54) is 11.1 Å². The number of halogens is 1. The van der Waals surface area contributed by atoms with Crippen molar-refractivity contribution in [2.45, 2.75) is 59.3 Å². The van der Waals surface area contributed by atoms with Crippen LogP contribution in [0.2, 0.25) is 0 Å². The van der Waals surface area contributed by atoms with Gasteiger partial charge in [0.05, 0.1) is 0 Å². The molecule has 0 unspecified atom stereocenters. The van der Waals surface area contributed by atoms with Crippen LogP contribution in [0.1, 0.15) is 70.6 Å². The molecule has 1 aliphatic rings. The van der Waals surface area contributed by atoms with Gasteiger partial charge in [-0.05, 0) is 54.4 Å². The highest BCUT2D eigenvalue weighted by Crippen LogP contribution is 2.45. The van der Waals surface area contributed by atoms with Crippen LogP contribution in [0.25, 0.3) is 5.57 Å². The third-order valence-electron chi connectivity index (χ3n) is 5.10. The Labute approximate surface area is 139 Å². The Morgan fingerprint density at radius 3 is 2.57 bits per heavy atom. The highest BCUT2D eigenvalue weighted by molar-refractivity contribution is 5.90. The summed E-state index contributed by atoms with van der Waals surface area (Å²) in [5.74, 6) is -0.313. The zero-order valence-electron chi connectivity index (χ0n) is 15.2. The van der Waals surface area contributed by atoms with Crippen molar-refractivity contribution >= 4 is 17.5 Å². The monoisotopic (exact) mass is 317 g/mol. The summed E-state index contributed by atoms with van der Waals surface area (Å²) in [7, 11) is 0. The molecule has 23 heavy (non-hydrogen) atoms. The minimum absolute atomic E-state index is 0.0542. The van der Waals surface area contributed by atoms with Gasteiger partial charge in [-0.3, -0.25) is 4.79 Å². The van der Waals surface area contributed by atoms with E-state index in [0.717, 1.165) is 30.8 Å².